The first-order valence-corrected chi connectivity index (χ1v) is 15.1. The summed E-state index contributed by atoms with van der Waals surface area (Å²) in [6.07, 6.45) is 5.58. The number of carbonyl (C=O) groups excluding carboxylic acids is 1. The topological polar surface area (TPSA) is 65.7 Å². The van der Waals surface area contributed by atoms with Gasteiger partial charge in [0, 0.05) is 40.9 Å². The first-order valence-electron chi connectivity index (χ1n) is 12.6. The quantitative estimate of drug-likeness (QED) is 0.250. The summed E-state index contributed by atoms with van der Waals surface area (Å²) in [5.74, 6) is 0.448. The van der Waals surface area contributed by atoms with E-state index in [1.54, 1.807) is 24.9 Å². The van der Waals surface area contributed by atoms with E-state index in [-0.39, 0.29) is 5.97 Å². The number of rotatable bonds is 8. The van der Waals surface area contributed by atoms with Gasteiger partial charge in [-0.2, -0.15) is 0 Å². The molecule has 0 atom stereocenters. The molecule has 38 heavy (non-hydrogen) atoms. The fraction of sp³-hybridized carbons (Fsp3) is 0.464. The summed E-state index contributed by atoms with van der Waals surface area (Å²) in [6.45, 7) is 6.16. The van der Waals surface area contributed by atoms with Crippen molar-refractivity contribution >= 4 is 58.1 Å². The van der Waals surface area contributed by atoms with Crippen LogP contribution in [0, 0.1) is 5.41 Å². The molecule has 1 aliphatic carbocycles. The highest BCUT2D eigenvalue weighted by molar-refractivity contribution is 8.00. The Hall–Kier alpha value is -1.84. The van der Waals surface area contributed by atoms with Gasteiger partial charge in [-0.05, 0) is 70.7 Å². The lowest BCUT2D eigenvalue weighted by Gasteiger charge is -2.39. The van der Waals surface area contributed by atoms with E-state index in [4.69, 9.17) is 42.7 Å². The van der Waals surface area contributed by atoms with Crippen LogP contribution in [0.2, 0.25) is 10.0 Å². The normalized spacial score (nSPS) is 20.5. The molecule has 2 heterocycles. The predicted octanol–water partition coefficient (Wildman–Crippen LogP) is 7.69. The van der Waals surface area contributed by atoms with Crippen LogP contribution in [0.5, 0.6) is 0 Å². The van der Waals surface area contributed by atoms with E-state index in [9.17, 15) is 4.79 Å². The smallest absolute Gasteiger partial charge is 0.312 e. The van der Waals surface area contributed by atoms with Crippen molar-refractivity contribution in [2.24, 2.45) is 10.4 Å². The van der Waals surface area contributed by atoms with Gasteiger partial charge < -0.3 is 9.47 Å². The van der Waals surface area contributed by atoms with E-state index in [2.05, 4.69) is 0 Å². The van der Waals surface area contributed by atoms with Crippen molar-refractivity contribution < 1.29 is 14.3 Å². The van der Waals surface area contributed by atoms with E-state index in [0.717, 1.165) is 28.2 Å². The maximum Gasteiger partial charge on any atom is 0.312 e. The highest BCUT2D eigenvalue weighted by Crippen LogP contribution is 2.47. The third-order valence-electron chi connectivity index (χ3n) is 6.38. The third-order valence-corrected chi connectivity index (χ3v) is 9.51. The highest BCUT2D eigenvalue weighted by Gasteiger charge is 2.45. The van der Waals surface area contributed by atoms with Crippen molar-refractivity contribution in [1.82, 2.24) is 9.55 Å². The molecular formula is C28H33Cl2N3O3S2. The van der Waals surface area contributed by atoms with Crippen LogP contribution < -0.4 is 4.80 Å². The zero-order valence-electron chi connectivity index (χ0n) is 22.1. The van der Waals surface area contributed by atoms with Gasteiger partial charge in [-0.25, -0.2) is 9.98 Å². The number of thioether (sulfide) groups is 1. The number of aromatic nitrogens is 2. The Bertz CT molecular complexity index is 1330. The first kappa shape index (κ1) is 29.2. The molecular weight excluding hydrogens is 561 g/mol. The molecule has 0 N–H and O–H groups in total. The van der Waals surface area contributed by atoms with Crippen molar-refractivity contribution in [1.29, 1.82) is 0 Å². The Morgan fingerprint density at radius 3 is 2.66 bits per heavy atom. The van der Waals surface area contributed by atoms with Crippen molar-refractivity contribution in [3.63, 3.8) is 0 Å². The van der Waals surface area contributed by atoms with Crippen LogP contribution in [0.15, 0.2) is 57.9 Å². The molecule has 1 saturated carbocycles. The SMILES string of the molecule is COCn1ccsc1=Nc1cccc(CC2(C(=O)OC(C)(C)C)CCC(Sc3cccc(Cl)c3Cl)CC2)n1. The summed E-state index contributed by atoms with van der Waals surface area (Å²) in [7, 11) is 1.65. The molecule has 204 valence electrons. The van der Waals surface area contributed by atoms with Gasteiger partial charge in [-0.1, -0.05) is 35.3 Å². The average molecular weight is 595 g/mol. The van der Waals surface area contributed by atoms with Crippen molar-refractivity contribution in [2.75, 3.05) is 7.11 Å². The minimum atomic E-state index is -0.646. The third kappa shape index (κ3) is 7.42. The number of halogens is 2. The maximum absolute atomic E-state index is 13.6. The Labute approximate surface area is 242 Å². The molecule has 0 saturated heterocycles. The van der Waals surface area contributed by atoms with Crippen LogP contribution in [0.1, 0.15) is 52.1 Å². The van der Waals surface area contributed by atoms with Gasteiger partial charge in [0.2, 0.25) is 0 Å². The lowest BCUT2D eigenvalue weighted by Crippen LogP contribution is -2.42. The maximum atomic E-state index is 13.6. The monoisotopic (exact) mass is 593 g/mol. The summed E-state index contributed by atoms with van der Waals surface area (Å²) in [5.41, 5.74) is -0.383. The number of methoxy groups -OCH3 is 1. The van der Waals surface area contributed by atoms with Gasteiger partial charge in [-0.3, -0.25) is 9.36 Å². The number of pyridine rings is 1. The van der Waals surface area contributed by atoms with Crippen molar-refractivity contribution in [2.45, 2.75) is 75.4 Å². The number of benzene rings is 1. The van der Waals surface area contributed by atoms with Crippen molar-refractivity contribution in [3.05, 3.63) is 68.5 Å². The molecule has 0 aliphatic heterocycles. The number of thiazole rings is 1. The van der Waals surface area contributed by atoms with Gasteiger partial charge in [-0.15, -0.1) is 23.1 Å². The zero-order valence-corrected chi connectivity index (χ0v) is 25.2. The van der Waals surface area contributed by atoms with Gasteiger partial charge in [0.25, 0.3) is 0 Å². The van der Waals surface area contributed by atoms with Crippen LogP contribution in [0.4, 0.5) is 5.82 Å². The van der Waals surface area contributed by atoms with Gasteiger partial charge in [0.1, 0.15) is 12.3 Å². The van der Waals surface area contributed by atoms with Crippen LogP contribution >= 0.6 is 46.3 Å². The minimum Gasteiger partial charge on any atom is -0.460 e. The second kappa shape index (κ2) is 12.6. The number of esters is 1. The number of nitrogens with zero attached hydrogens (tertiary/aromatic N) is 3. The molecule has 2 aromatic heterocycles. The summed E-state index contributed by atoms with van der Waals surface area (Å²) < 4.78 is 13.1. The van der Waals surface area contributed by atoms with E-state index in [1.165, 1.54) is 11.3 Å². The summed E-state index contributed by atoms with van der Waals surface area (Å²) in [5, 5.41) is 3.45. The number of hydrogen-bond acceptors (Lipinski definition) is 7. The number of hydrogen-bond donors (Lipinski definition) is 0. The van der Waals surface area contributed by atoms with E-state index < -0.39 is 11.0 Å². The molecule has 0 unspecified atom stereocenters. The fourth-order valence-corrected chi connectivity index (χ4v) is 6.97. The molecule has 6 nitrogen and oxygen atoms in total. The number of carbonyl (C=O) groups is 1. The predicted molar refractivity (Wildman–Crippen MR) is 155 cm³/mol. The molecule has 4 rings (SSSR count). The van der Waals surface area contributed by atoms with Crippen LogP contribution in [-0.2, 0) is 27.4 Å². The Morgan fingerprint density at radius 2 is 1.95 bits per heavy atom. The molecule has 10 heteroatoms. The lowest BCUT2D eigenvalue weighted by molar-refractivity contribution is -0.170. The Morgan fingerprint density at radius 1 is 1.21 bits per heavy atom. The second-order valence-electron chi connectivity index (χ2n) is 10.5. The average Bonchev–Trinajstić information content (AvgIpc) is 3.29. The zero-order chi connectivity index (χ0) is 27.3. The highest BCUT2D eigenvalue weighted by atomic mass is 35.5. The fourth-order valence-electron chi connectivity index (χ4n) is 4.55. The summed E-state index contributed by atoms with van der Waals surface area (Å²) >= 11 is 15.9. The molecule has 1 aliphatic rings. The van der Waals surface area contributed by atoms with E-state index in [0.29, 0.717) is 47.1 Å². The molecule has 0 spiro atoms. The Kier molecular flexibility index (Phi) is 9.63. The van der Waals surface area contributed by atoms with Gasteiger partial charge in [0.05, 0.1) is 15.5 Å². The molecule has 3 aromatic rings. The van der Waals surface area contributed by atoms with Gasteiger partial charge >= 0.3 is 5.97 Å². The largest absolute Gasteiger partial charge is 0.460 e. The molecule has 0 radical (unpaired) electrons. The summed E-state index contributed by atoms with van der Waals surface area (Å²) in [4.78, 5) is 24.9. The van der Waals surface area contributed by atoms with Crippen LogP contribution in [0.25, 0.3) is 0 Å². The Balaban J connectivity index is 1.56. The van der Waals surface area contributed by atoms with E-state index in [1.807, 2.05) is 67.2 Å². The van der Waals surface area contributed by atoms with Gasteiger partial charge in [0.15, 0.2) is 10.6 Å². The molecule has 1 fully saturated rings. The first-order chi connectivity index (χ1) is 18.1. The van der Waals surface area contributed by atoms with E-state index >= 15 is 0 Å². The summed E-state index contributed by atoms with van der Waals surface area (Å²) in [6, 6.07) is 11.5. The lowest BCUT2D eigenvalue weighted by atomic mass is 9.70. The van der Waals surface area contributed by atoms with Crippen molar-refractivity contribution in [3.8, 4) is 0 Å². The molecule has 1 aromatic carbocycles. The standard InChI is InChI=1S/C28H33Cl2N3O3S2/c1-27(2,3)36-25(34)28(13-11-20(12-14-28)38-22-9-6-8-21(29)24(22)30)17-19-7-5-10-23(31-19)32-26-33(18-35-4)15-16-37-26/h5-10,15-16,20H,11-14,17-18H2,1-4H3. The minimum absolute atomic E-state index is 0.158. The van der Waals surface area contributed by atoms with Crippen LogP contribution in [-0.4, -0.2) is 33.5 Å². The number of ether oxygens (including phenoxy) is 2. The second-order valence-corrected chi connectivity index (χ2v) is 13.5. The van der Waals surface area contributed by atoms with Crippen LogP contribution in [0.3, 0.4) is 0 Å². The molecule has 0 bridgehead atoms. The molecule has 0 amide bonds.